The van der Waals surface area contributed by atoms with Gasteiger partial charge in [0.2, 0.25) is 0 Å². The number of nitrogens with one attached hydrogen (secondary N) is 2. The van der Waals surface area contributed by atoms with E-state index in [1.54, 1.807) is 14.2 Å². The first-order valence-electron chi connectivity index (χ1n) is 10.6. The molecule has 2 N–H and O–H groups in total. The maximum atomic E-state index is 12.1. The highest BCUT2D eigenvalue weighted by atomic mass is 16.5. The molecule has 0 radical (unpaired) electrons. The minimum absolute atomic E-state index is 0.208. The Morgan fingerprint density at radius 3 is 2.66 bits per heavy atom. The summed E-state index contributed by atoms with van der Waals surface area (Å²) in [6.45, 7) is 1.77. The van der Waals surface area contributed by atoms with Gasteiger partial charge in [-0.3, -0.25) is 9.80 Å². The van der Waals surface area contributed by atoms with Crippen LogP contribution in [0.5, 0.6) is 11.5 Å². The van der Waals surface area contributed by atoms with Gasteiger partial charge in [-0.2, -0.15) is 5.10 Å². The lowest BCUT2D eigenvalue weighted by atomic mass is 10.0. The lowest BCUT2D eigenvalue weighted by molar-refractivity contribution is 0.102. The van der Waals surface area contributed by atoms with E-state index in [4.69, 9.17) is 14.6 Å². The largest absolute Gasteiger partial charge is 0.493 e. The van der Waals surface area contributed by atoms with Crippen LogP contribution in [-0.4, -0.2) is 53.9 Å². The maximum absolute atomic E-state index is 12.1. The fraction of sp³-hybridized carbons (Fsp3) is 0.292. The summed E-state index contributed by atoms with van der Waals surface area (Å²) in [6.07, 6.45) is 5.86. The van der Waals surface area contributed by atoms with Crippen LogP contribution in [0.25, 0.3) is 0 Å². The van der Waals surface area contributed by atoms with Crippen LogP contribution in [0.15, 0.2) is 60.1 Å². The molecule has 1 amide bonds. The van der Waals surface area contributed by atoms with Crippen molar-refractivity contribution in [2.75, 3.05) is 32.6 Å². The van der Waals surface area contributed by atoms with Gasteiger partial charge in [0, 0.05) is 24.3 Å². The van der Waals surface area contributed by atoms with Crippen molar-refractivity contribution < 1.29 is 14.3 Å². The predicted molar refractivity (Wildman–Crippen MR) is 124 cm³/mol. The highest BCUT2D eigenvalue weighted by Crippen LogP contribution is 2.29. The molecule has 0 aliphatic carbocycles. The van der Waals surface area contributed by atoms with Crippen molar-refractivity contribution in [1.29, 1.82) is 0 Å². The van der Waals surface area contributed by atoms with Crippen LogP contribution in [-0.2, 0) is 6.42 Å². The van der Waals surface area contributed by atoms with Gasteiger partial charge in [0.1, 0.15) is 5.69 Å². The van der Waals surface area contributed by atoms with Crippen molar-refractivity contribution in [2.45, 2.75) is 19.3 Å². The Hall–Kier alpha value is -3.81. The zero-order chi connectivity index (χ0) is 22.3. The van der Waals surface area contributed by atoms with Crippen molar-refractivity contribution in [3.8, 4) is 11.5 Å². The molecule has 0 atom stereocenters. The smallest absolute Gasteiger partial charge is 0.273 e. The molecule has 2 heterocycles. The van der Waals surface area contributed by atoms with Gasteiger partial charge in [0.25, 0.3) is 5.91 Å². The third-order valence-electron chi connectivity index (χ3n) is 5.42. The lowest BCUT2D eigenvalue weighted by Gasteiger charge is -2.26. The summed E-state index contributed by atoms with van der Waals surface area (Å²) in [7, 11) is 3.28. The molecule has 1 aliphatic rings. The molecule has 1 aromatic heterocycles. The van der Waals surface area contributed by atoms with Crippen LogP contribution in [0.4, 0.5) is 5.69 Å². The van der Waals surface area contributed by atoms with E-state index in [2.05, 4.69) is 20.3 Å². The summed E-state index contributed by atoms with van der Waals surface area (Å²) in [5, 5.41) is 9.86. The van der Waals surface area contributed by atoms with Gasteiger partial charge in [0.15, 0.2) is 11.5 Å². The van der Waals surface area contributed by atoms with Crippen molar-refractivity contribution in [1.82, 2.24) is 15.0 Å². The number of carbonyl (C=O) groups is 1. The van der Waals surface area contributed by atoms with Gasteiger partial charge in [-0.05, 0) is 55.2 Å². The molecule has 4 rings (SSSR count). The third kappa shape index (κ3) is 5.08. The molecule has 2 aromatic carbocycles. The van der Waals surface area contributed by atoms with E-state index in [0.29, 0.717) is 17.2 Å². The van der Waals surface area contributed by atoms with Crippen LogP contribution >= 0.6 is 0 Å². The number of rotatable bonds is 8. The fourth-order valence-corrected chi connectivity index (χ4v) is 3.67. The van der Waals surface area contributed by atoms with Crippen LogP contribution in [0.1, 0.15) is 34.5 Å². The summed E-state index contributed by atoms with van der Waals surface area (Å²) in [5.41, 5.74) is 4.50. The summed E-state index contributed by atoms with van der Waals surface area (Å²) < 4.78 is 10.8. The number of benzene rings is 2. The van der Waals surface area contributed by atoms with Crippen LogP contribution in [0, 0.1) is 0 Å². The van der Waals surface area contributed by atoms with Gasteiger partial charge in [-0.15, -0.1) is 0 Å². The molecular formula is C24H27N5O3. The van der Waals surface area contributed by atoms with Crippen LogP contribution in [0.2, 0.25) is 0 Å². The minimum atomic E-state index is -0.208. The second kappa shape index (κ2) is 10.00. The zero-order valence-corrected chi connectivity index (χ0v) is 18.3. The quantitative estimate of drug-likeness (QED) is 0.565. The minimum Gasteiger partial charge on any atom is -0.493 e. The SMILES string of the molecule is COc1ccc(C2=NN(CCc3ccc(NC(=O)c4cnc[nH]4)cc3)CCC2)cc1OC. The molecule has 0 saturated carbocycles. The van der Waals surface area contributed by atoms with Crippen molar-refractivity contribution >= 4 is 17.3 Å². The number of aromatic nitrogens is 2. The Labute approximate surface area is 187 Å². The Kier molecular flexibility index (Phi) is 6.69. The number of hydrogen-bond acceptors (Lipinski definition) is 6. The lowest BCUT2D eigenvalue weighted by Crippen LogP contribution is -2.28. The Morgan fingerprint density at radius 1 is 1.12 bits per heavy atom. The number of ether oxygens (including phenoxy) is 2. The molecular weight excluding hydrogens is 406 g/mol. The number of methoxy groups -OCH3 is 2. The zero-order valence-electron chi connectivity index (χ0n) is 18.3. The molecule has 8 heteroatoms. The van der Waals surface area contributed by atoms with E-state index in [9.17, 15) is 4.79 Å². The molecule has 0 spiro atoms. The molecule has 0 saturated heterocycles. The van der Waals surface area contributed by atoms with Gasteiger partial charge in [-0.25, -0.2) is 4.98 Å². The molecule has 32 heavy (non-hydrogen) atoms. The highest BCUT2D eigenvalue weighted by molar-refractivity contribution is 6.02. The van der Waals surface area contributed by atoms with E-state index in [1.807, 2.05) is 42.5 Å². The van der Waals surface area contributed by atoms with E-state index >= 15 is 0 Å². The Balaban J connectivity index is 1.36. The molecule has 0 unspecified atom stereocenters. The number of aromatic amines is 1. The molecule has 0 bridgehead atoms. The fourth-order valence-electron chi connectivity index (χ4n) is 3.67. The molecule has 166 valence electrons. The van der Waals surface area contributed by atoms with Gasteiger partial charge in [-0.1, -0.05) is 12.1 Å². The first-order chi connectivity index (χ1) is 15.7. The van der Waals surface area contributed by atoms with Crippen LogP contribution < -0.4 is 14.8 Å². The summed E-state index contributed by atoms with van der Waals surface area (Å²) in [6, 6.07) is 13.8. The number of imidazole rings is 1. The number of hydrazone groups is 1. The van der Waals surface area contributed by atoms with Crippen LogP contribution in [0.3, 0.4) is 0 Å². The highest BCUT2D eigenvalue weighted by Gasteiger charge is 2.16. The van der Waals surface area contributed by atoms with E-state index in [1.165, 1.54) is 18.1 Å². The number of carbonyl (C=O) groups excluding carboxylic acids is 1. The number of H-pyrrole nitrogens is 1. The number of amides is 1. The average Bonchev–Trinajstić information content (AvgIpc) is 3.39. The monoisotopic (exact) mass is 433 g/mol. The number of nitrogens with zero attached hydrogens (tertiary/aromatic N) is 3. The molecule has 1 aliphatic heterocycles. The van der Waals surface area contributed by atoms with E-state index in [-0.39, 0.29) is 5.91 Å². The van der Waals surface area contributed by atoms with Crippen molar-refractivity contribution in [3.63, 3.8) is 0 Å². The van der Waals surface area contributed by atoms with Gasteiger partial charge < -0.3 is 19.8 Å². The summed E-state index contributed by atoms with van der Waals surface area (Å²) >= 11 is 0. The molecule has 0 fully saturated rings. The topological polar surface area (TPSA) is 91.8 Å². The summed E-state index contributed by atoms with van der Waals surface area (Å²) in [4.78, 5) is 18.8. The molecule has 3 aromatic rings. The maximum Gasteiger partial charge on any atom is 0.273 e. The number of anilines is 1. The normalized spacial score (nSPS) is 13.4. The van der Waals surface area contributed by atoms with Crippen molar-refractivity contribution in [3.05, 3.63) is 71.8 Å². The number of hydrogen-bond donors (Lipinski definition) is 2. The van der Waals surface area contributed by atoms with E-state index in [0.717, 1.165) is 49.3 Å². The summed E-state index contributed by atoms with van der Waals surface area (Å²) in [5.74, 6) is 1.22. The Bertz CT molecular complexity index is 1080. The second-order valence-corrected chi connectivity index (χ2v) is 7.54. The third-order valence-corrected chi connectivity index (χ3v) is 5.42. The second-order valence-electron chi connectivity index (χ2n) is 7.54. The standard InChI is InChI=1S/C24H27N5O3/c1-31-22-10-7-18(14-23(22)32-2)20-4-3-12-29(28-20)13-11-17-5-8-19(9-6-17)27-24(30)21-15-25-16-26-21/h5-10,14-16H,3-4,11-13H2,1-2H3,(H,25,26)(H,27,30). The molecule has 8 nitrogen and oxygen atoms in total. The van der Waals surface area contributed by atoms with E-state index < -0.39 is 0 Å². The predicted octanol–water partition coefficient (Wildman–Crippen LogP) is 3.72. The average molecular weight is 434 g/mol. The van der Waals surface area contributed by atoms with Crippen molar-refractivity contribution in [2.24, 2.45) is 5.10 Å². The first-order valence-corrected chi connectivity index (χ1v) is 10.6. The Morgan fingerprint density at radius 2 is 1.94 bits per heavy atom. The first kappa shape index (κ1) is 21.4. The van der Waals surface area contributed by atoms with Gasteiger partial charge >= 0.3 is 0 Å². The van der Waals surface area contributed by atoms with Gasteiger partial charge in [0.05, 0.1) is 32.5 Å².